The number of nitrogens with zero attached hydrogens (tertiary/aromatic N) is 4. The lowest BCUT2D eigenvalue weighted by Crippen LogP contribution is -2.33. The van der Waals surface area contributed by atoms with E-state index in [1.165, 1.54) is 36.7 Å². The van der Waals surface area contributed by atoms with Gasteiger partial charge < -0.3 is 11.5 Å². The highest BCUT2D eigenvalue weighted by Crippen LogP contribution is 2.10. The van der Waals surface area contributed by atoms with E-state index in [9.17, 15) is 13.2 Å². The molecule has 12 heteroatoms. The topological polar surface area (TPSA) is 183 Å². The average molecular weight is 378 g/mol. The number of hydrogen-bond donors (Lipinski definition) is 4. The van der Waals surface area contributed by atoms with Gasteiger partial charge in [-0.25, -0.2) is 24.1 Å². The monoisotopic (exact) mass is 378 g/mol. The zero-order valence-corrected chi connectivity index (χ0v) is 14.4. The summed E-state index contributed by atoms with van der Waals surface area (Å²) < 4.78 is 26.0. The normalized spacial score (nSPS) is 12.0. The van der Waals surface area contributed by atoms with Crippen molar-refractivity contribution in [1.29, 1.82) is 0 Å². The third kappa shape index (κ3) is 5.47. The van der Waals surface area contributed by atoms with Crippen molar-refractivity contribution in [3.8, 4) is 0 Å². The van der Waals surface area contributed by atoms with Gasteiger partial charge in [0.15, 0.2) is 5.84 Å². The largest absolute Gasteiger partial charge is 0.382 e. The van der Waals surface area contributed by atoms with Gasteiger partial charge in [0, 0.05) is 18.0 Å². The number of hydrazine groups is 1. The average Bonchev–Trinajstić information content (AvgIpc) is 2.61. The number of benzene rings is 1. The number of hydrazone groups is 1. The Hall–Kier alpha value is -3.09. The van der Waals surface area contributed by atoms with Crippen molar-refractivity contribution in [2.24, 2.45) is 22.4 Å². The van der Waals surface area contributed by atoms with Crippen molar-refractivity contribution in [1.82, 2.24) is 19.8 Å². The standard InChI is InChI=1S/C14H18N8O3S/c15-13(23)8-20-26(24,25)12-3-1-10(2-4-12)14(16)21-22(17)9-11-7-18-5-6-19-11/h1-7,20H,8-9,17H2,(H2,15,23)(H2,16,21). The van der Waals surface area contributed by atoms with Crippen molar-refractivity contribution < 1.29 is 13.2 Å². The van der Waals surface area contributed by atoms with Gasteiger partial charge >= 0.3 is 0 Å². The van der Waals surface area contributed by atoms with Gasteiger partial charge in [0.05, 0.1) is 29.9 Å². The number of aromatic nitrogens is 2. The van der Waals surface area contributed by atoms with Crippen LogP contribution in [0.3, 0.4) is 0 Å². The van der Waals surface area contributed by atoms with Gasteiger partial charge in [0.1, 0.15) is 0 Å². The number of amides is 1. The van der Waals surface area contributed by atoms with Gasteiger partial charge in [-0.2, -0.15) is 0 Å². The van der Waals surface area contributed by atoms with E-state index in [1.54, 1.807) is 6.20 Å². The molecule has 26 heavy (non-hydrogen) atoms. The number of nitrogens with one attached hydrogen (secondary N) is 1. The molecule has 1 heterocycles. The van der Waals surface area contributed by atoms with E-state index in [0.29, 0.717) is 11.3 Å². The number of hydrogen-bond acceptors (Lipinski definition) is 8. The Labute approximate surface area is 149 Å². The van der Waals surface area contributed by atoms with Crippen LogP contribution in [-0.4, -0.2) is 41.8 Å². The Morgan fingerprint density at radius 3 is 2.46 bits per heavy atom. The molecule has 1 aromatic heterocycles. The molecule has 0 saturated heterocycles. The predicted octanol–water partition coefficient (Wildman–Crippen LogP) is -1.76. The van der Waals surface area contributed by atoms with Crippen molar-refractivity contribution in [2.45, 2.75) is 11.4 Å². The summed E-state index contributed by atoms with van der Waals surface area (Å²) in [6.45, 7) is -0.295. The molecule has 0 bridgehead atoms. The first-order chi connectivity index (χ1) is 12.3. The van der Waals surface area contributed by atoms with Crippen molar-refractivity contribution >= 4 is 21.8 Å². The van der Waals surface area contributed by atoms with Crippen LogP contribution in [0.1, 0.15) is 11.3 Å². The second-order valence-electron chi connectivity index (χ2n) is 5.09. The van der Waals surface area contributed by atoms with Gasteiger partial charge in [-0.05, 0) is 24.3 Å². The van der Waals surface area contributed by atoms with E-state index in [0.717, 1.165) is 5.12 Å². The number of carbonyl (C=O) groups is 1. The summed E-state index contributed by atoms with van der Waals surface area (Å²) in [7, 11) is -3.84. The Bertz CT molecular complexity index is 884. The fraction of sp³-hybridized carbons (Fsp3) is 0.143. The molecule has 0 aliphatic rings. The van der Waals surface area contributed by atoms with Crippen molar-refractivity contribution in [3.05, 3.63) is 54.1 Å². The lowest BCUT2D eigenvalue weighted by atomic mass is 10.2. The van der Waals surface area contributed by atoms with E-state index < -0.39 is 22.5 Å². The highest BCUT2D eigenvalue weighted by atomic mass is 32.2. The molecule has 2 aromatic rings. The van der Waals surface area contributed by atoms with Crippen molar-refractivity contribution in [2.75, 3.05) is 6.54 Å². The molecule has 0 fully saturated rings. The fourth-order valence-corrected chi connectivity index (χ4v) is 2.86. The molecule has 0 radical (unpaired) electrons. The Morgan fingerprint density at radius 1 is 1.19 bits per heavy atom. The van der Waals surface area contributed by atoms with Crippen LogP contribution in [-0.2, 0) is 21.4 Å². The molecule has 0 saturated carbocycles. The zero-order chi connectivity index (χ0) is 19.2. The van der Waals surface area contributed by atoms with Crippen LogP contribution < -0.4 is 22.0 Å². The second-order valence-corrected chi connectivity index (χ2v) is 6.86. The summed E-state index contributed by atoms with van der Waals surface area (Å²) in [6.07, 6.45) is 4.61. The van der Waals surface area contributed by atoms with Crippen LogP contribution in [0, 0.1) is 0 Å². The maximum atomic E-state index is 12.0. The van der Waals surface area contributed by atoms with Gasteiger partial charge in [-0.1, -0.05) is 0 Å². The minimum Gasteiger partial charge on any atom is -0.382 e. The highest BCUT2D eigenvalue weighted by molar-refractivity contribution is 7.89. The first kappa shape index (κ1) is 19.2. The number of amidine groups is 1. The van der Waals surface area contributed by atoms with Crippen molar-refractivity contribution in [3.63, 3.8) is 0 Å². The molecule has 0 unspecified atom stereocenters. The molecular weight excluding hydrogens is 360 g/mol. The van der Waals surface area contributed by atoms with Gasteiger partial charge in [-0.15, -0.1) is 5.10 Å². The van der Waals surface area contributed by atoms with E-state index in [1.807, 2.05) is 0 Å². The van der Waals surface area contributed by atoms with Gasteiger partial charge in [0.2, 0.25) is 15.9 Å². The van der Waals surface area contributed by atoms with E-state index in [-0.39, 0.29) is 17.3 Å². The maximum Gasteiger partial charge on any atom is 0.241 e. The Morgan fingerprint density at radius 2 is 1.88 bits per heavy atom. The molecular formula is C14H18N8O3S. The number of sulfonamides is 1. The number of rotatable bonds is 8. The quantitative estimate of drug-likeness (QED) is 0.180. The number of nitrogens with two attached hydrogens (primary N) is 3. The van der Waals surface area contributed by atoms with Gasteiger partial charge in [0.25, 0.3) is 0 Å². The summed E-state index contributed by atoms with van der Waals surface area (Å²) >= 11 is 0. The zero-order valence-electron chi connectivity index (χ0n) is 13.6. The molecule has 0 atom stereocenters. The molecule has 1 aromatic carbocycles. The fourth-order valence-electron chi connectivity index (χ4n) is 1.86. The van der Waals surface area contributed by atoms with Crippen LogP contribution in [0.15, 0.2) is 52.9 Å². The Balaban J connectivity index is 2.08. The lowest BCUT2D eigenvalue weighted by molar-refractivity contribution is -0.116. The van der Waals surface area contributed by atoms with Crippen LogP contribution in [0.25, 0.3) is 0 Å². The van der Waals surface area contributed by atoms with Crippen LogP contribution in [0.5, 0.6) is 0 Å². The first-order valence-electron chi connectivity index (χ1n) is 7.27. The summed E-state index contributed by atoms with van der Waals surface area (Å²) in [5.41, 5.74) is 11.9. The highest BCUT2D eigenvalue weighted by Gasteiger charge is 2.15. The lowest BCUT2D eigenvalue weighted by Gasteiger charge is -2.13. The third-order valence-electron chi connectivity index (χ3n) is 3.07. The molecule has 138 valence electrons. The third-order valence-corrected chi connectivity index (χ3v) is 4.49. The molecule has 0 aliphatic carbocycles. The number of primary amides is 1. The Kier molecular flexibility index (Phi) is 6.16. The van der Waals surface area contributed by atoms with Crippen LogP contribution in [0.4, 0.5) is 0 Å². The smallest absolute Gasteiger partial charge is 0.241 e. The second kappa shape index (κ2) is 8.33. The first-order valence-corrected chi connectivity index (χ1v) is 8.76. The summed E-state index contributed by atoms with van der Waals surface area (Å²) in [5.74, 6) is 5.06. The maximum absolute atomic E-state index is 12.0. The number of carbonyl (C=O) groups excluding carboxylic acids is 1. The summed E-state index contributed by atoms with van der Waals surface area (Å²) in [4.78, 5) is 18.6. The SMILES string of the molecule is NC(=O)CNS(=O)(=O)c1ccc(/C(N)=N/N(N)Cc2cnccn2)cc1. The molecule has 1 amide bonds. The minimum atomic E-state index is -3.84. The molecule has 2 rings (SSSR count). The van der Waals surface area contributed by atoms with E-state index in [4.69, 9.17) is 17.3 Å². The van der Waals surface area contributed by atoms with E-state index in [2.05, 4.69) is 19.8 Å². The van der Waals surface area contributed by atoms with Gasteiger partial charge in [-0.3, -0.25) is 14.8 Å². The molecule has 7 N–H and O–H groups in total. The molecule has 0 spiro atoms. The summed E-state index contributed by atoms with van der Waals surface area (Å²) in [5, 5.41) is 5.10. The van der Waals surface area contributed by atoms with Crippen LogP contribution in [0.2, 0.25) is 0 Å². The summed E-state index contributed by atoms with van der Waals surface area (Å²) in [6, 6.07) is 5.58. The minimum absolute atomic E-state index is 0.0422. The molecule has 0 aliphatic heterocycles. The van der Waals surface area contributed by atoms with Crippen LogP contribution >= 0.6 is 0 Å². The molecule has 11 nitrogen and oxygen atoms in total. The predicted molar refractivity (Wildman–Crippen MR) is 93.3 cm³/mol. The van der Waals surface area contributed by atoms with E-state index >= 15 is 0 Å².